The Morgan fingerprint density at radius 3 is 1.17 bits per heavy atom. The molecule has 0 aromatic heterocycles. The Balaban J connectivity index is 0. The molecule has 0 rings (SSSR count). The van der Waals surface area contributed by atoms with E-state index in [9.17, 15) is 0 Å². The monoisotopic (exact) mass is 297 g/mol. The normalized spacial score (nSPS) is 10.0. The molecular weight excluding hydrogens is 296 g/mol. The molecule has 0 aliphatic rings. The van der Waals surface area contributed by atoms with E-state index in [1.807, 2.05) is 0 Å². The van der Waals surface area contributed by atoms with Gasteiger partial charge in [-0.2, -0.15) is 14.0 Å². The van der Waals surface area contributed by atoms with Gasteiger partial charge in [0.05, 0.1) is 14.9 Å². The third kappa shape index (κ3) is 96.3. The Labute approximate surface area is 51.6 Å². The van der Waals surface area contributed by atoms with Gasteiger partial charge >= 0.3 is 0 Å². The van der Waals surface area contributed by atoms with Crippen LogP contribution in [0.15, 0.2) is 0 Å². The molecule has 0 unspecified atom stereocenters. The third-order valence-corrected chi connectivity index (χ3v) is 0. The molecule has 4 nitrogen and oxygen atoms in total. The van der Waals surface area contributed by atoms with E-state index in [0.717, 1.165) is 0 Å². The molecule has 0 fully saturated rings. The van der Waals surface area contributed by atoms with E-state index in [1.165, 1.54) is 0 Å². The molecule has 6 heteroatoms. The quantitative estimate of drug-likeness (QED) is 0.460. The zero-order chi connectivity index (χ0) is 4.50. The molecule has 0 aliphatic carbocycles. The molecule has 43 valence electrons. The van der Waals surface area contributed by atoms with Gasteiger partial charge < -0.3 is 0 Å². The first kappa shape index (κ1) is 9.98. The molecule has 0 saturated heterocycles. The maximum absolute atomic E-state index is 8.60. The van der Waals surface area contributed by atoms with Crippen LogP contribution in [0.5, 0.6) is 0 Å². The molecule has 6 heavy (non-hydrogen) atoms. The average Bonchev–Trinajstić information content (AvgIpc) is 0.722. The van der Waals surface area contributed by atoms with Crippen LogP contribution in [0.2, 0.25) is 0 Å². The van der Waals surface area contributed by atoms with Crippen LogP contribution in [0.25, 0.3) is 0 Å². The summed E-state index contributed by atoms with van der Waals surface area (Å²) in [6.07, 6.45) is 0. The first-order valence-corrected chi connectivity index (χ1v) is 1.90. The minimum absolute atomic E-state index is 0. The van der Waals surface area contributed by atoms with Crippen LogP contribution in [0.4, 0.5) is 0 Å². The predicted molar refractivity (Wildman–Crippen MR) is 2.22 cm³/mol. The Kier molecular flexibility index (Phi) is 4.91. The van der Waals surface area contributed by atoms with Crippen molar-refractivity contribution in [3.8, 4) is 0 Å². The maximum Gasteiger partial charge on any atom is 0.0777 e. The molecule has 0 bridgehead atoms. The van der Waals surface area contributed by atoms with Crippen molar-refractivity contribution in [2.24, 2.45) is 0 Å². The van der Waals surface area contributed by atoms with Crippen LogP contribution < -0.4 is 14.0 Å². The van der Waals surface area contributed by atoms with Crippen molar-refractivity contribution in [1.29, 1.82) is 0 Å². The van der Waals surface area contributed by atoms with E-state index >= 15 is 0 Å². The number of hydrogen-bond acceptors (Lipinski definition) is 4. The SMILES string of the molecule is [Au].[O-][Cl+3]([O-])([O-])O. The summed E-state index contributed by atoms with van der Waals surface area (Å²) < 4.78 is 32.7. The maximum atomic E-state index is 8.60. The summed E-state index contributed by atoms with van der Waals surface area (Å²) in [6.45, 7) is 0. The Bertz CT molecular complexity index is 23.0. The van der Waals surface area contributed by atoms with Gasteiger partial charge in [0.15, 0.2) is 0 Å². The first-order chi connectivity index (χ1) is 2.00. The van der Waals surface area contributed by atoms with Gasteiger partial charge in [0, 0.05) is 22.4 Å². The molecule has 1 N–H and O–H groups in total. The molecule has 0 aliphatic heterocycles. The summed E-state index contributed by atoms with van der Waals surface area (Å²) in [7, 11) is -4.69. The van der Waals surface area contributed by atoms with Crippen molar-refractivity contribution in [1.82, 2.24) is 0 Å². The third-order valence-electron chi connectivity index (χ3n) is 0. The predicted octanol–water partition coefficient (Wildman–Crippen LogP) is -4.13. The molecule has 0 amide bonds. The molecule has 0 aromatic rings. The minimum Gasteiger partial charge on any atom is -0.183 e. The summed E-state index contributed by atoms with van der Waals surface area (Å²) in [6, 6.07) is 0. The van der Waals surface area contributed by atoms with Crippen molar-refractivity contribution in [2.75, 3.05) is 0 Å². The molecular formula is HAuClO4. The van der Waals surface area contributed by atoms with E-state index in [0.29, 0.717) is 0 Å². The van der Waals surface area contributed by atoms with Gasteiger partial charge in [0.2, 0.25) is 0 Å². The average molecular weight is 297 g/mol. The van der Waals surface area contributed by atoms with Crippen molar-refractivity contribution >= 4 is 0 Å². The van der Waals surface area contributed by atoms with Crippen LogP contribution in [0.3, 0.4) is 0 Å². The van der Waals surface area contributed by atoms with Crippen LogP contribution in [-0.2, 0) is 22.4 Å². The topological polar surface area (TPSA) is 89.4 Å². The molecule has 0 heterocycles. The summed E-state index contributed by atoms with van der Waals surface area (Å²) in [4.78, 5) is 0. The molecule has 0 aromatic carbocycles. The van der Waals surface area contributed by atoms with Gasteiger partial charge in [-0.1, -0.05) is 0 Å². The van der Waals surface area contributed by atoms with Gasteiger partial charge in [-0.3, -0.25) is 0 Å². The molecule has 0 atom stereocenters. The van der Waals surface area contributed by atoms with E-state index in [4.69, 9.17) is 18.6 Å². The smallest absolute Gasteiger partial charge is 0.0777 e. The van der Waals surface area contributed by atoms with Crippen LogP contribution in [0.1, 0.15) is 0 Å². The molecule has 0 spiro atoms. The molecule has 1 radical (unpaired) electrons. The summed E-state index contributed by atoms with van der Waals surface area (Å²) in [5.41, 5.74) is 0. The van der Waals surface area contributed by atoms with Crippen LogP contribution in [0, 0.1) is 10.2 Å². The zero-order valence-electron chi connectivity index (χ0n) is 2.35. The van der Waals surface area contributed by atoms with Gasteiger partial charge in [0.1, 0.15) is 0 Å². The standard InChI is InChI=1S/Au.ClHO4/c;2-1(3,4)5/h;(H,2,3,4,5). The second kappa shape index (κ2) is 2.95. The Hall–Kier alpha value is 0.870. The van der Waals surface area contributed by atoms with Gasteiger partial charge in [-0.15, -0.1) is 0 Å². The van der Waals surface area contributed by atoms with Crippen molar-refractivity contribution in [2.45, 2.75) is 0 Å². The molecule has 0 saturated carbocycles. The fraction of sp³-hybridized carbons (Fsp3) is 0. The number of hydrogen-bond donors (Lipinski definition) is 1. The van der Waals surface area contributed by atoms with E-state index in [2.05, 4.69) is 0 Å². The van der Waals surface area contributed by atoms with Gasteiger partial charge in [0.25, 0.3) is 0 Å². The number of rotatable bonds is 0. The largest absolute Gasteiger partial charge is 0.183 e. The fourth-order valence-electron chi connectivity index (χ4n) is 0. The fourth-order valence-corrected chi connectivity index (χ4v) is 0. The Morgan fingerprint density at radius 1 is 1.17 bits per heavy atom. The summed E-state index contributed by atoms with van der Waals surface area (Å²) in [5.74, 6) is 0. The van der Waals surface area contributed by atoms with Crippen molar-refractivity contribution in [3.05, 3.63) is 0 Å². The first-order valence-electron chi connectivity index (χ1n) is 0.632. The minimum atomic E-state index is -4.69. The Morgan fingerprint density at radius 2 is 1.17 bits per heavy atom. The van der Waals surface area contributed by atoms with E-state index in [-0.39, 0.29) is 22.4 Å². The summed E-state index contributed by atoms with van der Waals surface area (Å²) >= 11 is 0. The second-order valence-corrected chi connectivity index (χ2v) is 1.19. The summed E-state index contributed by atoms with van der Waals surface area (Å²) in [5, 5.41) is 0. The van der Waals surface area contributed by atoms with Crippen molar-refractivity contribution in [3.63, 3.8) is 0 Å². The van der Waals surface area contributed by atoms with Crippen LogP contribution >= 0.6 is 0 Å². The van der Waals surface area contributed by atoms with E-state index in [1.54, 1.807) is 0 Å². The van der Waals surface area contributed by atoms with E-state index < -0.39 is 10.2 Å². The van der Waals surface area contributed by atoms with Crippen molar-refractivity contribution < 1.29 is 51.3 Å². The van der Waals surface area contributed by atoms with Gasteiger partial charge in [-0.25, -0.2) is 0 Å². The number of halogens is 1. The van der Waals surface area contributed by atoms with Gasteiger partial charge in [-0.05, 0) is 0 Å². The zero-order valence-corrected chi connectivity index (χ0v) is 5.27. The second-order valence-electron chi connectivity index (χ2n) is 0.396. The van der Waals surface area contributed by atoms with Crippen LogP contribution in [-0.4, -0.2) is 4.66 Å².